The number of nitrogens with zero attached hydrogens (tertiary/aromatic N) is 2. The Labute approximate surface area is 121 Å². The molecule has 5 heteroatoms. The van der Waals surface area contributed by atoms with E-state index in [0.717, 1.165) is 16.6 Å². The summed E-state index contributed by atoms with van der Waals surface area (Å²) in [6, 6.07) is 11.0. The van der Waals surface area contributed by atoms with E-state index in [2.05, 4.69) is 15.3 Å². The van der Waals surface area contributed by atoms with Gasteiger partial charge in [-0.2, -0.15) is 0 Å². The van der Waals surface area contributed by atoms with Gasteiger partial charge in [0.15, 0.2) is 0 Å². The zero-order chi connectivity index (χ0) is 14.8. The first-order valence-electron chi connectivity index (χ1n) is 6.52. The van der Waals surface area contributed by atoms with Crippen LogP contribution in [0.2, 0.25) is 0 Å². The monoisotopic (exact) mass is 278 g/mol. The molecule has 2 aromatic heterocycles. The zero-order valence-corrected chi connectivity index (χ0v) is 11.5. The summed E-state index contributed by atoms with van der Waals surface area (Å²) < 4.78 is 0. The molecule has 0 spiro atoms. The number of hydrogen-bond acceptors (Lipinski definition) is 4. The van der Waals surface area contributed by atoms with Gasteiger partial charge in [-0.05, 0) is 25.1 Å². The second-order valence-electron chi connectivity index (χ2n) is 4.75. The van der Waals surface area contributed by atoms with Gasteiger partial charge in [0.05, 0.1) is 28.7 Å². The van der Waals surface area contributed by atoms with Crippen molar-refractivity contribution in [1.29, 1.82) is 0 Å². The van der Waals surface area contributed by atoms with Gasteiger partial charge in [-0.25, -0.2) is 0 Å². The van der Waals surface area contributed by atoms with Crippen molar-refractivity contribution in [2.75, 3.05) is 11.1 Å². The predicted octanol–water partition coefficient (Wildman–Crippen LogP) is 2.77. The number of carbonyl (C=O) groups is 1. The lowest BCUT2D eigenvalue weighted by atomic mass is 10.1. The van der Waals surface area contributed by atoms with Gasteiger partial charge in [0, 0.05) is 17.3 Å². The van der Waals surface area contributed by atoms with Gasteiger partial charge in [0.2, 0.25) is 0 Å². The highest BCUT2D eigenvalue weighted by Gasteiger charge is 2.13. The Hall–Kier alpha value is -2.95. The molecule has 0 bridgehead atoms. The lowest BCUT2D eigenvalue weighted by Gasteiger charge is -2.10. The van der Waals surface area contributed by atoms with Crippen LogP contribution in [0.15, 0.2) is 48.8 Å². The molecule has 3 rings (SSSR count). The maximum Gasteiger partial charge on any atom is 0.256 e. The van der Waals surface area contributed by atoms with E-state index >= 15 is 0 Å². The molecule has 0 saturated carbocycles. The smallest absolute Gasteiger partial charge is 0.256 e. The highest BCUT2D eigenvalue weighted by atomic mass is 16.1. The second kappa shape index (κ2) is 5.20. The van der Waals surface area contributed by atoms with Crippen LogP contribution >= 0.6 is 0 Å². The van der Waals surface area contributed by atoms with Crippen LogP contribution in [0.1, 0.15) is 16.1 Å². The van der Waals surface area contributed by atoms with Crippen LogP contribution in [-0.4, -0.2) is 15.9 Å². The zero-order valence-electron chi connectivity index (χ0n) is 11.5. The van der Waals surface area contributed by atoms with Crippen LogP contribution in [0, 0.1) is 6.92 Å². The van der Waals surface area contributed by atoms with Gasteiger partial charge in [0.1, 0.15) is 0 Å². The molecule has 2 heterocycles. The average molecular weight is 278 g/mol. The molecule has 0 atom stereocenters. The summed E-state index contributed by atoms with van der Waals surface area (Å²) in [5.74, 6) is -0.213. The molecule has 1 aromatic carbocycles. The van der Waals surface area contributed by atoms with E-state index in [0.29, 0.717) is 16.9 Å². The maximum atomic E-state index is 12.5. The number of nitrogens with two attached hydrogens (primary N) is 1. The Morgan fingerprint density at radius 3 is 2.86 bits per heavy atom. The van der Waals surface area contributed by atoms with Crippen LogP contribution in [0.4, 0.5) is 11.4 Å². The predicted molar refractivity (Wildman–Crippen MR) is 83.1 cm³/mol. The minimum absolute atomic E-state index is 0.213. The van der Waals surface area contributed by atoms with Gasteiger partial charge in [-0.3, -0.25) is 14.8 Å². The summed E-state index contributed by atoms with van der Waals surface area (Å²) in [5, 5.41) is 3.63. The van der Waals surface area contributed by atoms with E-state index < -0.39 is 0 Å². The topological polar surface area (TPSA) is 80.9 Å². The first-order valence-corrected chi connectivity index (χ1v) is 6.52. The number of anilines is 2. The summed E-state index contributed by atoms with van der Waals surface area (Å²) in [4.78, 5) is 20.8. The third-order valence-electron chi connectivity index (χ3n) is 3.19. The van der Waals surface area contributed by atoms with Crippen molar-refractivity contribution in [3.63, 3.8) is 0 Å². The summed E-state index contributed by atoms with van der Waals surface area (Å²) in [6.07, 6.45) is 3.09. The molecule has 104 valence electrons. The molecule has 0 aliphatic heterocycles. The van der Waals surface area contributed by atoms with E-state index in [9.17, 15) is 4.79 Å². The molecule has 21 heavy (non-hydrogen) atoms. The van der Waals surface area contributed by atoms with E-state index in [-0.39, 0.29) is 5.91 Å². The molecule has 0 unspecified atom stereocenters. The molecule has 5 nitrogen and oxygen atoms in total. The minimum Gasteiger partial charge on any atom is -0.396 e. The number of hydrogen-bond donors (Lipinski definition) is 2. The highest BCUT2D eigenvalue weighted by molar-refractivity contribution is 6.13. The third kappa shape index (κ3) is 2.53. The Morgan fingerprint density at radius 2 is 2.05 bits per heavy atom. The molecule has 0 aliphatic rings. The quantitative estimate of drug-likeness (QED) is 0.755. The van der Waals surface area contributed by atoms with Crippen molar-refractivity contribution < 1.29 is 4.79 Å². The molecule has 3 N–H and O–H groups in total. The Bertz CT molecular complexity index is 829. The van der Waals surface area contributed by atoms with Crippen LogP contribution < -0.4 is 11.1 Å². The van der Waals surface area contributed by atoms with Crippen LogP contribution in [0.3, 0.4) is 0 Å². The number of pyridine rings is 2. The fraction of sp³-hybridized carbons (Fsp3) is 0.0625. The number of carbonyl (C=O) groups excluding carboxylic acids is 1. The Kier molecular flexibility index (Phi) is 3.23. The number of aromatic nitrogens is 2. The summed E-state index contributed by atoms with van der Waals surface area (Å²) in [7, 11) is 0. The molecule has 0 aliphatic carbocycles. The molecular weight excluding hydrogens is 264 g/mol. The summed E-state index contributed by atoms with van der Waals surface area (Å²) >= 11 is 0. The molecule has 1 amide bonds. The van der Waals surface area contributed by atoms with Gasteiger partial charge < -0.3 is 11.1 Å². The van der Waals surface area contributed by atoms with E-state index in [1.165, 1.54) is 6.20 Å². The average Bonchev–Trinajstić information content (AvgIpc) is 2.48. The largest absolute Gasteiger partial charge is 0.396 e. The number of para-hydroxylation sites is 1. The molecular formula is C16H14N4O. The number of aryl methyl sites for hydroxylation is 1. The number of amides is 1. The number of nitrogens with one attached hydrogen (secondary N) is 1. The van der Waals surface area contributed by atoms with E-state index in [1.54, 1.807) is 18.3 Å². The molecule has 0 saturated heterocycles. The Balaban J connectivity index is 2.04. The van der Waals surface area contributed by atoms with E-state index in [4.69, 9.17) is 5.73 Å². The third-order valence-corrected chi connectivity index (χ3v) is 3.19. The number of fused-ring (bicyclic) bond motifs is 1. The molecule has 0 radical (unpaired) electrons. The normalized spacial score (nSPS) is 10.5. The van der Waals surface area contributed by atoms with Gasteiger partial charge in [-0.15, -0.1) is 0 Å². The SMILES string of the molecule is Cc1cc(C(=O)Nc2ccncc2N)c2ccccc2n1. The van der Waals surface area contributed by atoms with Crippen molar-refractivity contribution >= 4 is 28.2 Å². The fourth-order valence-corrected chi connectivity index (χ4v) is 2.21. The first kappa shape index (κ1) is 13.1. The van der Waals surface area contributed by atoms with E-state index in [1.807, 2.05) is 31.2 Å². The molecule has 0 fully saturated rings. The van der Waals surface area contributed by atoms with Crippen molar-refractivity contribution in [3.05, 3.63) is 60.0 Å². The summed E-state index contributed by atoms with van der Waals surface area (Å²) in [6.45, 7) is 1.87. The second-order valence-corrected chi connectivity index (χ2v) is 4.75. The lowest BCUT2D eigenvalue weighted by molar-refractivity contribution is 0.102. The van der Waals surface area contributed by atoms with Crippen molar-refractivity contribution in [1.82, 2.24) is 9.97 Å². The van der Waals surface area contributed by atoms with Crippen molar-refractivity contribution in [2.45, 2.75) is 6.92 Å². The van der Waals surface area contributed by atoms with Crippen LogP contribution in [-0.2, 0) is 0 Å². The van der Waals surface area contributed by atoms with Crippen molar-refractivity contribution in [3.8, 4) is 0 Å². The number of rotatable bonds is 2. The lowest BCUT2D eigenvalue weighted by Crippen LogP contribution is -2.14. The first-order chi connectivity index (χ1) is 10.1. The van der Waals surface area contributed by atoms with Gasteiger partial charge in [0.25, 0.3) is 5.91 Å². The van der Waals surface area contributed by atoms with Gasteiger partial charge >= 0.3 is 0 Å². The van der Waals surface area contributed by atoms with Gasteiger partial charge in [-0.1, -0.05) is 18.2 Å². The van der Waals surface area contributed by atoms with Crippen LogP contribution in [0.25, 0.3) is 10.9 Å². The van der Waals surface area contributed by atoms with Crippen molar-refractivity contribution in [2.24, 2.45) is 0 Å². The number of benzene rings is 1. The maximum absolute atomic E-state index is 12.5. The minimum atomic E-state index is -0.213. The summed E-state index contributed by atoms with van der Waals surface area (Å²) in [5.41, 5.74) is 8.95. The van der Waals surface area contributed by atoms with Crippen LogP contribution in [0.5, 0.6) is 0 Å². The Morgan fingerprint density at radius 1 is 1.24 bits per heavy atom. The number of nitrogen functional groups attached to an aromatic ring is 1. The fourth-order valence-electron chi connectivity index (χ4n) is 2.21. The standard InChI is InChI=1S/C16H14N4O/c1-10-8-12(11-4-2-3-5-14(11)19-10)16(21)20-15-6-7-18-9-13(15)17/h2-9H,17H2,1H3,(H,18,20,21). The highest BCUT2D eigenvalue weighted by Crippen LogP contribution is 2.21. The molecule has 3 aromatic rings.